The van der Waals surface area contributed by atoms with Crippen molar-refractivity contribution in [3.8, 4) is 5.75 Å². The van der Waals surface area contributed by atoms with Gasteiger partial charge in [0.2, 0.25) is 0 Å². The van der Waals surface area contributed by atoms with Crippen LogP contribution in [0.2, 0.25) is 0 Å². The highest BCUT2D eigenvalue weighted by molar-refractivity contribution is 5.88. The first-order valence-electron chi connectivity index (χ1n) is 6.28. The van der Waals surface area contributed by atoms with Crippen LogP contribution in [0.5, 0.6) is 5.75 Å². The molecule has 0 radical (unpaired) electrons. The van der Waals surface area contributed by atoms with Gasteiger partial charge in [-0.3, -0.25) is 0 Å². The summed E-state index contributed by atoms with van der Waals surface area (Å²) < 4.78 is 5.91. The molecule has 0 aliphatic carbocycles. The smallest absolute Gasteiger partial charge is 0.123 e. The van der Waals surface area contributed by atoms with Crippen LogP contribution in [0, 0.1) is 5.92 Å². The summed E-state index contributed by atoms with van der Waals surface area (Å²) in [7, 11) is 0. The lowest BCUT2D eigenvalue weighted by atomic mass is 9.84. The number of ether oxygens (including phenoxy) is 1. The monoisotopic (exact) mass is 261 g/mol. The minimum absolute atomic E-state index is 0. The Kier molecular flexibility index (Phi) is 2.92. The fourth-order valence-electron chi connectivity index (χ4n) is 3.23. The van der Waals surface area contributed by atoms with Gasteiger partial charge in [0.25, 0.3) is 0 Å². The summed E-state index contributed by atoms with van der Waals surface area (Å²) in [6.45, 7) is 3.05. The topological polar surface area (TPSA) is 21.3 Å². The zero-order valence-electron chi connectivity index (χ0n) is 10.1. The van der Waals surface area contributed by atoms with Crippen molar-refractivity contribution in [2.75, 3.05) is 19.7 Å². The first kappa shape index (κ1) is 11.8. The van der Waals surface area contributed by atoms with E-state index in [0.717, 1.165) is 25.4 Å². The van der Waals surface area contributed by atoms with E-state index in [-0.39, 0.29) is 12.4 Å². The van der Waals surface area contributed by atoms with Crippen LogP contribution in [0.3, 0.4) is 0 Å². The number of rotatable bonds is 0. The van der Waals surface area contributed by atoms with Gasteiger partial charge in [0, 0.05) is 30.5 Å². The molecule has 1 saturated heterocycles. The van der Waals surface area contributed by atoms with Crippen molar-refractivity contribution >= 4 is 23.2 Å². The van der Waals surface area contributed by atoms with Crippen molar-refractivity contribution in [1.82, 2.24) is 5.32 Å². The summed E-state index contributed by atoms with van der Waals surface area (Å²) in [5.41, 5.74) is 1.42. The minimum Gasteiger partial charge on any atom is -0.493 e. The van der Waals surface area contributed by atoms with Crippen LogP contribution in [-0.4, -0.2) is 19.7 Å². The lowest BCUT2D eigenvalue weighted by molar-refractivity contribution is 0.221. The molecular weight excluding hydrogens is 246 g/mol. The normalized spacial score (nSPS) is 24.9. The predicted octanol–water partition coefficient (Wildman–Crippen LogP) is 2.96. The van der Waals surface area contributed by atoms with Crippen molar-refractivity contribution in [2.24, 2.45) is 5.92 Å². The molecular formula is C15H16ClNO. The van der Waals surface area contributed by atoms with Crippen molar-refractivity contribution in [2.45, 2.75) is 5.92 Å². The van der Waals surface area contributed by atoms with E-state index in [4.69, 9.17) is 4.74 Å². The van der Waals surface area contributed by atoms with Gasteiger partial charge < -0.3 is 10.1 Å². The quantitative estimate of drug-likeness (QED) is 0.787. The Labute approximate surface area is 113 Å². The lowest BCUT2D eigenvalue weighted by Crippen LogP contribution is -2.24. The largest absolute Gasteiger partial charge is 0.493 e. The van der Waals surface area contributed by atoms with Gasteiger partial charge in [0.1, 0.15) is 5.75 Å². The number of hydrogen-bond acceptors (Lipinski definition) is 2. The highest BCUT2D eigenvalue weighted by Crippen LogP contribution is 2.42. The summed E-state index contributed by atoms with van der Waals surface area (Å²) in [4.78, 5) is 0. The van der Waals surface area contributed by atoms with Crippen LogP contribution in [0.4, 0.5) is 0 Å². The van der Waals surface area contributed by atoms with Crippen molar-refractivity contribution in [1.29, 1.82) is 0 Å². The molecule has 1 N–H and O–H groups in total. The van der Waals surface area contributed by atoms with Crippen LogP contribution in [0.1, 0.15) is 11.5 Å². The summed E-state index contributed by atoms with van der Waals surface area (Å²) in [5.74, 6) is 2.37. The van der Waals surface area contributed by atoms with E-state index in [1.807, 2.05) is 0 Å². The molecule has 3 heteroatoms. The Morgan fingerprint density at radius 3 is 2.89 bits per heavy atom. The summed E-state index contributed by atoms with van der Waals surface area (Å²) in [5, 5.41) is 6.18. The van der Waals surface area contributed by atoms with E-state index in [9.17, 15) is 0 Å². The van der Waals surface area contributed by atoms with Crippen molar-refractivity contribution < 1.29 is 4.74 Å². The average Bonchev–Trinajstić information content (AvgIpc) is 2.86. The third-order valence-corrected chi connectivity index (χ3v) is 4.09. The summed E-state index contributed by atoms with van der Waals surface area (Å²) >= 11 is 0. The zero-order valence-corrected chi connectivity index (χ0v) is 10.9. The van der Waals surface area contributed by atoms with Crippen LogP contribution < -0.4 is 10.1 Å². The van der Waals surface area contributed by atoms with E-state index in [1.54, 1.807) is 0 Å². The number of halogens is 1. The number of fused-ring (bicyclic) bond motifs is 5. The second kappa shape index (κ2) is 4.45. The molecule has 1 fully saturated rings. The molecule has 2 aliphatic rings. The van der Waals surface area contributed by atoms with Gasteiger partial charge in [0.15, 0.2) is 0 Å². The fraction of sp³-hybridized carbons (Fsp3) is 0.333. The Morgan fingerprint density at radius 2 is 1.94 bits per heavy atom. The number of benzene rings is 2. The molecule has 2 atom stereocenters. The Bertz CT molecular complexity index is 584. The van der Waals surface area contributed by atoms with E-state index in [2.05, 4.69) is 41.7 Å². The predicted molar refractivity (Wildman–Crippen MR) is 75.8 cm³/mol. The van der Waals surface area contributed by atoms with Crippen LogP contribution in [0.25, 0.3) is 10.8 Å². The molecule has 0 bridgehead atoms. The summed E-state index contributed by atoms with van der Waals surface area (Å²) in [6, 6.07) is 12.9. The highest BCUT2D eigenvalue weighted by atomic mass is 35.5. The maximum atomic E-state index is 5.91. The molecule has 18 heavy (non-hydrogen) atoms. The van der Waals surface area contributed by atoms with Crippen molar-refractivity contribution in [3.05, 3.63) is 42.0 Å². The number of hydrogen-bond donors (Lipinski definition) is 1. The highest BCUT2D eigenvalue weighted by Gasteiger charge is 2.35. The molecule has 0 spiro atoms. The molecule has 4 rings (SSSR count). The molecule has 0 saturated carbocycles. The van der Waals surface area contributed by atoms with Gasteiger partial charge in [-0.05, 0) is 16.8 Å². The van der Waals surface area contributed by atoms with E-state index >= 15 is 0 Å². The molecule has 2 aromatic rings. The molecule has 94 valence electrons. The van der Waals surface area contributed by atoms with Crippen LogP contribution in [0.15, 0.2) is 36.4 Å². The zero-order chi connectivity index (χ0) is 11.2. The van der Waals surface area contributed by atoms with Gasteiger partial charge in [-0.1, -0.05) is 30.3 Å². The van der Waals surface area contributed by atoms with Gasteiger partial charge >= 0.3 is 0 Å². The molecule has 2 nitrogen and oxygen atoms in total. The second-order valence-corrected chi connectivity index (χ2v) is 5.03. The minimum atomic E-state index is 0. The third kappa shape index (κ3) is 1.60. The average molecular weight is 262 g/mol. The van der Waals surface area contributed by atoms with Crippen LogP contribution in [-0.2, 0) is 0 Å². The number of nitrogens with one attached hydrogen (secondary N) is 1. The first-order valence-corrected chi connectivity index (χ1v) is 6.28. The molecule has 0 amide bonds. The molecule has 0 aromatic heterocycles. The first-order chi connectivity index (χ1) is 8.43. The van der Waals surface area contributed by atoms with Crippen molar-refractivity contribution in [3.63, 3.8) is 0 Å². The van der Waals surface area contributed by atoms with E-state index in [0.29, 0.717) is 11.8 Å². The Morgan fingerprint density at radius 1 is 1.06 bits per heavy atom. The van der Waals surface area contributed by atoms with E-state index in [1.165, 1.54) is 16.3 Å². The van der Waals surface area contributed by atoms with Gasteiger partial charge in [-0.15, -0.1) is 12.4 Å². The lowest BCUT2D eigenvalue weighted by Gasteiger charge is -2.29. The van der Waals surface area contributed by atoms with Gasteiger partial charge in [0.05, 0.1) is 6.61 Å². The maximum Gasteiger partial charge on any atom is 0.123 e. The van der Waals surface area contributed by atoms with Gasteiger partial charge in [-0.2, -0.15) is 0 Å². The third-order valence-electron chi connectivity index (χ3n) is 4.09. The summed E-state index contributed by atoms with van der Waals surface area (Å²) in [6.07, 6.45) is 0. The molecule has 0 unspecified atom stereocenters. The standard InChI is InChI=1S/C15H15NO.ClH/c1-2-4-12-10(3-1)5-6-14-15(12)13-8-16-7-11(13)9-17-14;/h1-6,11,13,16H,7-9H2;1H/t11-,13+;/m0./s1. The Hall–Kier alpha value is -1.25. The SMILES string of the molecule is Cl.c1ccc2c3c(ccc2c1)OC[C@@H]1CNC[C@@H]31. The second-order valence-electron chi connectivity index (χ2n) is 5.03. The van der Waals surface area contributed by atoms with Crippen LogP contribution >= 0.6 is 12.4 Å². The molecule has 2 heterocycles. The van der Waals surface area contributed by atoms with E-state index < -0.39 is 0 Å². The van der Waals surface area contributed by atoms with Gasteiger partial charge in [-0.25, -0.2) is 0 Å². The fourth-order valence-corrected chi connectivity index (χ4v) is 3.23. The maximum absolute atomic E-state index is 5.91. The Balaban J connectivity index is 0.000001000. The molecule has 2 aliphatic heterocycles. The molecule has 2 aromatic carbocycles.